The van der Waals surface area contributed by atoms with Crippen LogP contribution in [0.2, 0.25) is 0 Å². The van der Waals surface area contributed by atoms with Crippen LogP contribution < -0.4 is 0 Å². The zero-order valence-corrected chi connectivity index (χ0v) is 34.8. The molecule has 0 atom stereocenters. The van der Waals surface area contributed by atoms with E-state index in [-0.39, 0.29) is 16.2 Å². The van der Waals surface area contributed by atoms with Crippen LogP contribution in [0.15, 0.2) is 158 Å². The molecule has 0 unspecified atom stereocenters. The topological polar surface area (TPSA) is 9.86 Å². The third kappa shape index (κ3) is 4.81. The van der Waals surface area contributed by atoms with E-state index in [1.807, 2.05) is 0 Å². The molecule has 2 aliphatic carbocycles. The Morgan fingerprint density at radius 1 is 0.373 bits per heavy atom. The highest BCUT2D eigenvalue weighted by molar-refractivity contribution is 6.25. The highest BCUT2D eigenvalue weighted by atomic mass is 15.0. The lowest BCUT2D eigenvalue weighted by Gasteiger charge is -2.42. The van der Waals surface area contributed by atoms with Gasteiger partial charge in [-0.1, -0.05) is 139 Å². The fourth-order valence-corrected chi connectivity index (χ4v) is 11.2. The van der Waals surface area contributed by atoms with Gasteiger partial charge in [-0.2, -0.15) is 0 Å². The lowest BCUT2D eigenvalue weighted by atomic mass is 9.63. The summed E-state index contributed by atoms with van der Waals surface area (Å²) in [6.45, 7) is 14.5. The van der Waals surface area contributed by atoms with E-state index >= 15 is 0 Å². The van der Waals surface area contributed by atoms with Gasteiger partial charge in [-0.3, -0.25) is 0 Å². The fraction of sp³-hybridized carbons (Fsp3) is 0.193. The van der Waals surface area contributed by atoms with Crippen LogP contribution in [0, 0.1) is 0 Å². The molecule has 0 saturated heterocycles. The van der Waals surface area contributed by atoms with Crippen molar-refractivity contribution in [3.05, 3.63) is 180 Å². The van der Waals surface area contributed by atoms with E-state index in [1.165, 1.54) is 123 Å². The molecule has 8 aromatic carbocycles. The second kappa shape index (κ2) is 11.9. The first kappa shape index (κ1) is 34.6. The summed E-state index contributed by atoms with van der Waals surface area (Å²) in [5.41, 5.74) is 18.6. The Balaban J connectivity index is 1.12. The Morgan fingerprint density at radius 2 is 0.949 bits per heavy atom. The predicted octanol–water partition coefficient (Wildman–Crippen LogP) is 15.4. The van der Waals surface area contributed by atoms with Gasteiger partial charge in [-0.15, -0.1) is 0 Å². The summed E-state index contributed by atoms with van der Waals surface area (Å²) in [5.74, 6) is 0. The molecule has 12 rings (SSSR count). The average molecular weight is 761 g/mol. The highest BCUT2D eigenvalue weighted by Gasteiger charge is 2.38. The van der Waals surface area contributed by atoms with Crippen LogP contribution in [-0.2, 0) is 16.2 Å². The second-order valence-corrected chi connectivity index (χ2v) is 19.2. The Hall–Kier alpha value is -6.38. The highest BCUT2D eigenvalue weighted by Crippen LogP contribution is 2.51. The lowest BCUT2D eigenvalue weighted by molar-refractivity contribution is 0.332. The van der Waals surface area contributed by atoms with Crippen molar-refractivity contribution in [2.24, 2.45) is 0 Å². The number of hydrogen-bond donors (Lipinski definition) is 0. The van der Waals surface area contributed by atoms with Gasteiger partial charge in [-0.05, 0) is 140 Å². The Bertz CT molecular complexity index is 3390. The van der Waals surface area contributed by atoms with E-state index in [9.17, 15) is 0 Å². The molecule has 0 N–H and O–H groups in total. The van der Waals surface area contributed by atoms with Crippen LogP contribution in [-0.4, -0.2) is 9.13 Å². The monoisotopic (exact) mass is 760 g/mol. The first-order chi connectivity index (χ1) is 28.5. The molecule has 0 bridgehead atoms. The first-order valence-electron chi connectivity index (χ1n) is 21.4. The summed E-state index contributed by atoms with van der Waals surface area (Å²) in [5, 5.41) is 7.75. The number of fused-ring (bicyclic) bond motifs is 12. The van der Waals surface area contributed by atoms with Crippen molar-refractivity contribution in [2.45, 2.75) is 70.6 Å². The molecule has 2 nitrogen and oxygen atoms in total. The van der Waals surface area contributed by atoms with Gasteiger partial charge in [0.2, 0.25) is 0 Å². The maximum Gasteiger partial charge on any atom is 0.0549 e. The molecule has 2 heterocycles. The first-order valence-corrected chi connectivity index (χ1v) is 21.4. The number of rotatable bonds is 3. The van der Waals surface area contributed by atoms with Crippen molar-refractivity contribution in [1.29, 1.82) is 0 Å². The Morgan fingerprint density at radius 3 is 1.75 bits per heavy atom. The van der Waals surface area contributed by atoms with Crippen molar-refractivity contribution in [3.8, 4) is 33.6 Å². The van der Waals surface area contributed by atoms with Crippen molar-refractivity contribution in [1.82, 2.24) is 9.13 Å². The molecule has 286 valence electrons. The van der Waals surface area contributed by atoms with Crippen molar-refractivity contribution >= 4 is 54.4 Å². The van der Waals surface area contributed by atoms with Gasteiger partial charge in [-0.25, -0.2) is 0 Å². The van der Waals surface area contributed by atoms with Gasteiger partial charge in [0.15, 0.2) is 0 Å². The minimum absolute atomic E-state index is 0.0000166. The van der Waals surface area contributed by atoms with E-state index in [2.05, 4.69) is 208 Å². The SMILES string of the molecule is CC1(C)CCC(C)(C)c2cc3c(cc21)c1cc2c(cc1n3-c1ccccc1)c1c3ccccc3ccc1n2-c1ccc(-c2ccc3c(c2)-c2ccccc2C3(C)C)cc1. The van der Waals surface area contributed by atoms with E-state index in [0.29, 0.717) is 0 Å². The van der Waals surface area contributed by atoms with Crippen molar-refractivity contribution in [3.63, 3.8) is 0 Å². The minimum Gasteiger partial charge on any atom is -0.309 e. The predicted molar refractivity (Wildman–Crippen MR) is 251 cm³/mol. The second-order valence-electron chi connectivity index (χ2n) is 19.2. The molecule has 2 aliphatic rings. The summed E-state index contributed by atoms with van der Waals surface area (Å²) >= 11 is 0. The summed E-state index contributed by atoms with van der Waals surface area (Å²) < 4.78 is 5.04. The van der Waals surface area contributed by atoms with Gasteiger partial charge in [0, 0.05) is 38.3 Å². The molecule has 0 radical (unpaired) electrons. The Kier molecular flexibility index (Phi) is 6.96. The molecular weight excluding hydrogens is 713 g/mol. The van der Waals surface area contributed by atoms with Crippen LogP contribution in [0.4, 0.5) is 0 Å². The maximum absolute atomic E-state index is 2.56. The summed E-state index contributed by atoms with van der Waals surface area (Å²) in [7, 11) is 0. The average Bonchev–Trinajstić information content (AvgIpc) is 3.83. The minimum atomic E-state index is -0.0000166. The summed E-state index contributed by atoms with van der Waals surface area (Å²) in [4.78, 5) is 0. The van der Waals surface area contributed by atoms with Crippen molar-refractivity contribution < 1.29 is 0 Å². The smallest absolute Gasteiger partial charge is 0.0549 e. The number of aromatic nitrogens is 2. The van der Waals surface area contributed by atoms with Crippen LogP contribution in [0.25, 0.3) is 88.0 Å². The van der Waals surface area contributed by atoms with Gasteiger partial charge in [0.25, 0.3) is 0 Å². The quantitative estimate of drug-likeness (QED) is 0.170. The molecular formula is C57H48N2. The largest absolute Gasteiger partial charge is 0.309 e. The number of nitrogens with zero attached hydrogens (tertiary/aromatic N) is 2. The molecule has 59 heavy (non-hydrogen) atoms. The number of hydrogen-bond acceptors (Lipinski definition) is 0. The van der Waals surface area contributed by atoms with Gasteiger partial charge in [0.05, 0.1) is 22.1 Å². The van der Waals surface area contributed by atoms with Crippen LogP contribution in [0.3, 0.4) is 0 Å². The van der Waals surface area contributed by atoms with Crippen LogP contribution >= 0.6 is 0 Å². The molecule has 0 amide bonds. The molecule has 0 fully saturated rings. The van der Waals surface area contributed by atoms with Gasteiger partial charge in [0.1, 0.15) is 0 Å². The molecule has 2 aromatic heterocycles. The summed E-state index contributed by atoms with van der Waals surface area (Å²) in [6.07, 6.45) is 2.38. The van der Waals surface area contributed by atoms with Crippen molar-refractivity contribution in [2.75, 3.05) is 0 Å². The standard InChI is InChI=1S/C57H48N2/c1-55(2)28-29-56(3,4)49-34-53-43(31-48(49)55)44-32-52-45(33-51(44)59(53)38-15-8-7-9-16-38)54-40-17-11-10-14-36(40)23-27-50(54)58(52)39-24-20-35(21-25-39)37-22-26-47-42(30-37)41-18-12-13-19-46(41)57(47,5)6/h7-27,30-34H,28-29H2,1-6H3. The van der Waals surface area contributed by atoms with Crippen LogP contribution in [0.5, 0.6) is 0 Å². The normalized spacial score (nSPS) is 16.2. The van der Waals surface area contributed by atoms with E-state index in [1.54, 1.807) is 0 Å². The Labute approximate surface area is 346 Å². The van der Waals surface area contributed by atoms with Gasteiger partial charge >= 0.3 is 0 Å². The summed E-state index contributed by atoms with van der Waals surface area (Å²) in [6, 6.07) is 59.9. The zero-order valence-electron chi connectivity index (χ0n) is 34.8. The molecule has 0 saturated carbocycles. The third-order valence-corrected chi connectivity index (χ3v) is 14.6. The molecule has 2 heteroatoms. The molecule has 0 spiro atoms. The maximum atomic E-state index is 2.56. The lowest BCUT2D eigenvalue weighted by Crippen LogP contribution is -2.33. The van der Waals surface area contributed by atoms with Gasteiger partial charge < -0.3 is 9.13 Å². The third-order valence-electron chi connectivity index (χ3n) is 14.6. The number of para-hydroxylation sites is 1. The van der Waals surface area contributed by atoms with Crippen LogP contribution in [0.1, 0.15) is 76.6 Å². The number of benzene rings is 8. The molecule has 0 aliphatic heterocycles. The van der Waals surface area contributed by atoms with E-state index in [4.69, 9.17) is 0 Å². The zero-order chi connectivity index (χ0) is 40.0. The van der Waals surface area contributed by atoms with E-state index in [0.717, 1.165) is 0 Å². The van der Waals surface area contributed by atoms with E-state index < -0.39 is 0 Å². The fourth-order valence-electron chi connectivity index (χ4n) is 11.2. The molecule has 10 aromatic rings.